The molecule has 1 atom stereocenters. The summed E-state index contributed by atoms with van der Waals surface area (Å²) in [5.74, 6) is 0. The standard InChI is InChI=1S/C13H17F3N2O2S/c14-13(15,16)8-10-3-5-12(6-4-10)21(19,20)18-11-2-1-7-17-9-11/h3-6,11,17-18H,1-2,7-9H2. The molecule has 8 heteroatoms. The van der Waals surface area contributed by atoms with Gasteiger partial charge in [0.2, 0.25) is 10.0 Å². The Balaban J connectivity index is 2.06. The molecule has 0 saturated carbocycles. The quantitative estimate of drug-likeness (QED) is 0.889. The number of benzene rings is 1. The number of rotatable bonds is 4. The summed E-state index contributed by atoms with van der Waals surface area (Å²) in [7, 11) is -3.69. The average Bonchev–Trinajstić information content (AvgIpc) is 2.38. The lowest BCUT2D eigenvalue weighted by molar-refractivity contribution is -0.127. The summed E-state index contributed by atoms with van der Waals surface area (Å²) in [6.45, 7) is 1.43. The van der Waals surface area contributed by atoms with Crippen LogP contribution in [0.5, 0.6) is 0 Å². The average molecular weight is 322 g/mol. The number of nitrogens with one attached hydrogen (secondary N) is 2. The summed E-state index contributed by atoms with van der Waals surface area (Å²) in [6.07, 6.45) is -3.73. The van der Waals surface area contributed by atoms with Crippen LogP contribution in [0.15, 0.2) is 29.2 Å². The van der Waals surface area contributed by atoms with Gasteiger partial charge in [0.15, 0.2) is 0 Å². The van der Waals surface area contributed by atoms with E-state index in [0.29, 0.717) is 6.54 Å². The van der Waals surface area contributed by atoms with Gasteiger partial charge < -0.3 is 5.32 Å². The summed E-state index contributed by atoms with van der Waals surface area (Å²) in [6, 6.07) is 4.63. The van der Waals surface area contributed by atoms with Crippen LogP contribution >= 0.6 is 0 Å². The Hall–Kier alpha value is -1.12. The Kier molecular flexibility index (Phi) is 4.90. The van der Waals surface area contributed by atoms with Gasteiger partial charge in [-0.05, 0) is 37.1 Å². The SMILES string of the molecule is O=S(=O)(NC1CCCNC1)c1ccc(CC(F)(F)F)cc1. The van der Waals surface area contributed by atoms with Crippen molar-refractivity contribution < 1.29 is 21.6 Å². The Morgan fingerprint density at radius 1 is 1.24 bits per heavy atom. The summed E-state index contributed by atoms with van der Waals surface area (Å²) in [5, 5.41) is 3.09. The van der Waals surface area contributed by atoms with Gasteiger partial charge in [0, 0.05) is 12.6 Å². The summed E-state index contributed by atoms with van der Waals surface area (Å²) < 4.78 is 63.6. The maximum Gasteiger partial charge on any atom is 0.393 e. The molecule has 0 bridgehead atoms. The molecule has 2 rings (SSSR count). The van der Waals surface area contributed by atoms with Crippen molar-refractivity contribution >= 4 is 10.0 Å². The molecular weight excluding hydrogens is 305 g/mol. The summed E-state index contributed by atoms with van der Waals surface area (Å²) in [5.41, 5.74) is 0.0424. The molecule has 0 spiro atoms. The fourth-order valence-electron chi connectivity index (χ4n) is 2.26. The van der Waals surface area contributed by atoms with E-state index >= 15 is 0 Å². The minimum Gasteiger partial charge on any atom is -0.315 e. The first-order valence-electron chi connectivity index (χ1n) is 6.65. The van der Waals surface area contributed by atoms with Crippen molar-refractivity contribution in [2.75, 3.05) is 13.1 Å². The van der Waals surface area contributed by atoms with Crippen molar-refractivity contribution in [3.8, 4) is 0 Å². The molecule has 2 N–H and O–H groups in total. The Morgan fingerprint density at radius 2 is 1.90 bits per heavy atom. The van der Waals surface area contributed by atoms with E-state index in [1.807, 2.05) is 0 Å². The van der Waals surface area contributed by atoms with E-state index in [4.69, 9.17) is 0 Å². The molecule has 21 heavy (non-hydrogen) atoms. The topological polar surface area (TPSA) is 58.2 Å². The molecule has 1 heterocycles. The number of piperidine rings is 1. The second-order valence-electron chi connectivity index (χ2n) is 5.10. The van der Waals surface area contributed by atoms with Gasteiger partial charge in [-0.2, -0.15) is 13.2 Å². The van der Waals surface area contributed by atoms with Gasteiger partial charge in [-0.15, -0.1) is 0 Å². The largest absolute Gasteiger partial charge is 0.393 e. The van der Waals surface area contributed by atoms with E-state index < -0.39 is 22.6 Å². The van der Waals surface area contributed by atoms with E-state index in [2.05, 4.69) is 10.0 Å². The monoisotopic (exact) mass is 322 g/mol. The summed E-state index contributed by atoms with van der Waals surface area (Å²) >= 11 is 0. The molecule has 0 aliphatic carbocycles. The molecule has 1 aromatic rings. The van der Waals surface area contributed by atoms with Crippen molar-refractivity contribution in [1.82, 2.24) is 10.0 Å². The van der Waals surface area contributed by atoms with E-state index in [9.17, 15) is 21.6 Å². The molecule has 1 aliphatic heterocycles. The zero-order valence-corrected chi connectivity index (χ0v) is 12.1. The van der Waals surface area contributed by atoms with Gasteiger partial charge in [-0.1, -0.05) is 12.1 Å². The zero-order valence-electron chi connectivity index (χ0n) is 11.3. The predicted molar refractivity (Wildman–Crippen MR) is 72.4 cm³/mol. The number of hydrogen-bond acceptors (Lipinski definition) is 3. The van der Waals surface area contributed by atoms with E-state index in [1.54, 1.807) is 0 Å². The minimum absolute atomic E-state index is 0.0148. The molecule has 1 aromatic carbocycles. The van der Waals surface area contributed by atoms with E-state index in [0.717, 1.165) is 19.4 Å². The van der Waals surface area contributed by atoms with Crippen LogP contribution in [0.25, 0.3) is 0 Å². The molecule has 0 radical (unpaired) electrons. The smallest absolute Gasteiger partial charge is 0.315 e. The third-order valence-corrected chi connectivity index (χ3v) is 4.79. The van der Waals surface area contributed by atoms with E-state index in [1.165, 1.54) is 24.3 Å². The van der Waals surface area contributed by atoms with Crippen LogP contribution in [-0.2, 0) is 16.4 Å². The number of sulfonamides is 1. The van der Waals surface area contributed by atoms with Crippen LogP contribution in [0.1, 0.15) is 18.4 Å². The van der Waals surface area contributed by atoms with Crippen LogP contribution < -0.4 is 10.0 Å². The number of hydrogen-bond donors (Lipinski definition) is 2. The Morgan fingerprint density at radius 3 is 2.43 bits per heavy atom. The number of alkyl halides is 3. The lowest BCUT2D eigenvalue weighted by Crippen LogP contribution is -2.45. The predicted octanol–water partition coefficient (Wildman–Crippen LogP) is 1.82. The minimum atomic E-state index is -4.30. The van der Waals surface area contributed by atoms with Gasteiger partial charge in [0.25, 0.3) is 0 Å². The maximum absolute atomic E-state index is 12.2. The van der Waals surface area contributed by atoms with Crippen molar-refractivity contribution in [3.05, 3.63) is 29.8 Å². The maximum atomic E-state index is 12.2. The van der Waals surface area contributed by atoms with E-state index in [-0.39, 0.29) is 16.5 Å². The van der Waals surface area contributed by atoms with Gasteiger partial charge in [0.1, 0.15) is 0 Å². The second-order valence-corrected chi connectivity index (χ2v) is 6.81. The first-order valence-corrected chi connectivity index (χ1v) is 8.13. The third-order valence-electron chi connectivity index (χ3n) is 3.26. The third kappa shape index (κ3) is 4.98. The lowest BCUT2D eigenvalue weighted by Gasteiger charge is -2.23. The first kappa shape index (κ1) is 16.3. The van der Waals surface area contributed by atoms with Gasteiger partial charge in [0.05, 0.1) is 11.3 Å². The highest BCUT2D eigenvalue weighted by Gasteiger charge is 2.28. The highest BCUT2D eigenvalue weighted by Crippen LogP contribution is 2.22. The molecule has 0 aromatic heterocycles. The Bertz CT molecular complexity index is 564. The van der Waals surface area contributed by atoms with Gasteiger partial charge in [-0.3, -0.25) is 0 Å². The normalized spacial score (nSPS) is 20.4. The molecule has 1 fully saturated rings. The fraction of sp³-hybridized carbons (Fsp3) is 0.538. The molecular formula is C13H17F3N2O2S. The van der Waals surface area contributed by atoms with Crippen molar-refractivity contribution in [2.24, 2.45) is 0 Å². The number of halogens is 3. The van der Waals surface area contributed by atoms with Crippen LogP contribution in [0.2, 0.25) is 0 Å². The van der Waals surface area contributed by atoms with Crippen LogP contribution in [-0.4, -0.2) is 33.7 Å². The van der Waals surface area contributed by atoms with Crippen molar-refractivity contribution in [3.63, 3.8) is 0 Å². The second kappa shape index (κ2) is 6.33. The molecule has 1 aliphatic rings. The fourth-order valence-corrected chi connectivity index (χ4v) is 3.53. The van der Waals surface area contributed by atoms with Crippen LogP contribution in [0.4, 0.5) is 13.2 Å². The Labute approximate surface area is 121 Å². The van der Waals surface area contributed by atoms with Crippen LogP contribution in [0, 0.1) is 0 Å². The molecule has 1 unspecified atom stereocenters. The van der Waals surface area contributed by atoms with Crippen molar-refractivity contribution in [1.29, 1.82) is 0 Å². The van der Waals surface area contributed by atoms with Gasteiger partial charge in [-0.25, -0.2) is 13.1 Å². The highest BCUT2D eigenvalue weighted by atomic mass is 32.2. The molecule has 0 amide bonds. The molecule has 118 valence electrons. The van der Waals surface area contributed by atoms with Crippen molar-refractivity contribution in [2.45, 2.75) is 36.4 Å². The van der Waals surface area contributed by atoms with Crippen LogP contribution in [0.3, 0.4) is 0 Å². The molecule has 4 nitrogen and oxygen atoms in total. The highest BCUT2D eigenvalue weighted by molar-refractivity contribution is 7.89. The first-order chi connectivity index (χ1) is 9.76. The summed E-state index contributed by atoms with van der Waals surface area (Å²) in [4.78, 5) is -0.0148. The van der Waals surface area contributed by atoms with Gasteiger partial charge >= 0.3 is 6.18 Å². The molecule has 1 saturated heterocycles. The lowest BCUT2D eigenvalue weighted by atomic mass is 10.1. The zero-order chi connectivity index (χ0) is 15.5.